The fourth-order valence-corrected chi connectivity index (χ4v) is 4.27. The van der Waals surface area contributed by atoms with Crippen LogP contribution < -0.4 is 4.72 Å². The minimum atomic E-state index is -3.61. The van der Waals surface area contributed by atoms with Crippen molar-refractivity contribution in [2.24, 2.45) is 0 Å². The Morgan fingerprint density at radius 1 is 1.12 bits per heavy atom. The first-order valence-corrected chi connectivity index (χ1v) is 10.1. The van der Waals surface area contributed by atoms with Crippen LogP contribution in [0, 0.1) is 5.82 Å². The van der Waals surface area contributed by atoms with Crippen molar-refractivity contribution in [3.8, 4) is 0 Å². The normalized spacial score (nSPS) is 17.4. The summed E-state index contributed by atoms with van der Waals surface area (Å²) in [7, 11) is -3.61. The molecule has 0 spiro atoms. The second-order valence-electron chi connectivity index (χ2n) is 6.26. The van der Waals surface area contributed by atoms with Gasteiger partial charge in [-0.05, 0) is 42.7 Å². The SMILES string of the molecule is O=C(CCNS(=O)(=O)c1ccccc1)N1CCCC1c1ccc(F)cc1. The molecule has 1 aliphatic rings. The molecule has 1 fully saturated rings. The molecule has 1 saturated heterocycles. The van der Waals surface area contributed by atoms with Crippen LogP contribution in [-0.4, -0.2) is 32.3 Å². The first-order valence-electron chi connectivity index (χ1n) is 8.57. The highest BCUT2D eigenvalue weighted by atomic mass is 32.2. The average Bonchev–Trinajstić information content (AvgIpc) is 3.13. The Kier molecular flexibility index (Phi) is 5.68. The van der Waals surface area contributed by atoms with Gasteiger partial charge in [-0.15, -0.1) is 0 Å². The van der Waals surface area contributed by atoms with Crippen molar-refractivity contribution in [1.29, 1.82) is 0 Å². The predicted octanol–water partition coefficient (Wildman–Crippen LogP) is 2.86. The van der Waals surface area contributed by atoms with Gasteiger partial charge in [-0.3, -0.25) is 4.79 Å². The lowest BCUT2D eigenvalue weighted by molar-refractivity contribution is -0.131. The Bertz CT molecular complexity index is 854. The number of carbonyl (C=O) groups excluding carboxylic acids is 1. The Morgan fingerprint density at radius 2 is 1.81 bits per heavy atom. The van der Waals surface area contributed by atoms with Crippen molar-refractivity contribution >= 4 is 15.9 Å². The maximum absolute atomic E-state index is 13.1. The minimum Gasteiger partial charge on any atom is -0.336 e. The molecule has 0 aliphatic carbocycles. The molecule has 0 aromatic heterocycles. The van der Waals surface area contributed by atoms with Gasteiger partial charge in [0.25, 0.3) is 0 Å². The van der Waals surface area contributed by atoms with Gasteiger partial charge in [0, 0.05) is 19.5 Å². The van der Waals surface area contributed by atoms with Crippen LogP contribution in [0.3, 0.4) is 0 Å². The molecule has 26 heavy (non-hydrogen) atoms. The van der Waals surface area contributed by atoms with Crippen LogP contribution in [0.25, 0.3) is 0 Å². The number of carbonyl (C=O) groups is 1. The molecule has 1 amide bonds. The molecule has 0 radical (unpaired) electrons. The number of benzene rings is 2. The lowest BCUT2D eigenvalue weighted by atomic mass is 10.0. The summed E-state index contributed by atoms with van der Waals surface area (Å²) in [6.07, 6.45) is 1.79. The van der Waals surface area contributed by atoms with E-state index in [0.29, 0.717) is 6.54 Å². The van der Waals surface area contributed by atoms with Crippen LogP contribution in [0.1, 0.15) is 30.9 Å². The largest absolute Gasteiger partial charge is 0.336 e. The van der Waals surface area contributed by atoms with Crippen molar-refractivity contribution in [3.63, 3.8) is 0 Å². The fourth-order valence-electron chi connectivity index (χ4n) is 3.22. The molecule has 1 aliphatic heterocycles. The Balaban J connectivity index is 1.58. The summed E-state index contributed by atoms with van der Waals surface area (Å²) in [4.78, 5) is 14.5. The van der Waals surface area contributed by atoms with Crippen LogP contribution in [-0.2, 0) is 14.8 Å². The number of amides is 1. The maximum Gasteiger partial charge on any atom is 0.240 e. The Morgan fingerprint density at radius 3 is 2.50 bits per heavy atom. The third-order valence-corrected chi connectivity index (χ3v) is 5.99. The first kappa shape index (κ1) is 18.5. The average molecular weight is 376 g/mol. The van der Waals surface area contributed by atoms with E-state index in [-0.39, 0.29) is 35.6 Å². The zero-order chi connectivity index (χ0) is 18.6. The molecular formula is C19H21FN2O3S. The molecule has 1 N–H and O–H groups in total. The van der Waals surface area contributed by atoms with Crippen molar-refractivity contribution in [2.45, 2.75) is 30.2 Å². The fraction of sp³-hybridized carbons (Fsp3) is 0.316. The molecular weight excluding hydrogens is 355 g/mol. The summed E-state index contributed by atoms with van der Waals surface area (Å²) in [6.45, 7) is 0.676. The third kappa shape index (κ3) is 4.28. The van der Waals surface area contributed by atoms with Crippen LogP contribution in [0.2, 0.25) is 0 Å². The molecule has 1 atom stereocenters. The molecule has 3 rings (SSSR count). The number of halogens is 1. The molecule has 2 aromatic rings. The van der Waals surface area contributed by atoms with Crippen molar-refractivity contribution in [3.05, 3.63) is 66.0 Å². The van der Waals surface area contributed by atoms with Gasteiger partial charge >= 0.3 is 0 Å². The number of likely N-dealkylation sites (tertiary alicyclic amines) is 1. The molecule has 0 bridgehead atoms. The second-order valence-corrected chi connectivity index (χ2v) is 8.02. The quantitative estimate of drug-likeness (QED) is 0.843. The number of hydrogen-bond acceptors (Lipinski definition) is 3. The highest BCUT2D eigenvalue weighted by molar-refractivity contribution is 7.89. The lowest BCUT2D eigenvalue weighted by Gasteiger charge is -2.25. The molecule has 1 heterocycles. The predicted molar refractivity (Wildman–Crippen MR) is 96.3 cm³/mol. The summed E-state index contributed by atoms with van der Waals surface area (Å²) in [6, 6.07) is 14.2. The monoisotopic (exact) mass is 376 g/mol. The van der Waals surface area contributed by atoms with Gasteiger partial charge in [0.1, 0.15) is 5.82 Å². The maximum atomic E-state index is 13.1. The highest BCUT2D eigenvalue weighted by Crippen LogP contribution is 2.32. The van der Waals surface area contributed by atoms with E-state index in [9.17, 15) is 17.6 Å². The molecule has 138 valence electrons. The van der Waals surface area contributed by atoms with Crippen molar-refractivity contribution in [2.75, 3.05) is 13.1 Å². The number of hydrogen-bond donors (Lipinski definition) is 1. The Hall–Kier alpha value is -2.25. The summed E-state index contributed by atoms with van der Waals surface area (Å²) in [5.41, 5.74) is 0.905. The van der Waals surface area contributed by atoms with Gasteiger partial charge < -0.3 is 4.90 Å². The topological polar surface area (TPSA) is 66.5 Å². The van der Waals surface area contributed by atoms with Crippen molar-refractivity contribution < 1.29 is 17.6 Å². The van der Waals surface area contributed by atoms with Gasteiger partial charge in [-0.1, -0.05) is 30.3 Å². The van der Waals surface area contributed by atoms with E-state index in [0.717, 1.165) is 18.4 Å². The van der Waals surface area contributed by atoms with Gasteiger partial charge in [-0.2, -0.15) is 0 Å². The van der Waals surface area contributed by atoms with E-state index in [1.807, 2.05) is 0 Å². The zero-order valence-corrected chi connectivity index (χ0v) is 15.1. The standard InChI is InChI=1S/C19H21FN2O3S/c20-16-10-8-15(9-11-16)18-7-4-14-22(18)19(23)12-13-21-26(24,25)17-5-2-1-3-6-17/h1-3,5-6,8-11,18,21H,4,7,12-14H2. The van der Waals surface area contributed by atoms with Gasteiger partial charge in [0.15, 0.2) is 0 Å². The highest BCUT2D eigenvalue weighted by Gasteiger charge is 2.29. The van der Waals surface area contributed by atoms with Gasteiger partial charge in [0.2, 0.25) is 15.9 Å². The van der Waals surface area contributed by atoms with E-state index >= 15 is 0 Å². The smallest absolute Gasteiger partial charge is 0.240 e. The first-order chi connectivity index (χ1) is 12.5. The molecule has 7 heteroatoms. The van der Waals surface area contributed by atoms with Gasteiger partial charge in [0.05, 0.1) is 10.9 Å². The summed E-state index contributed by atoms with van der Waals surface area (Å²) >= 11 is 0. The number of sulfonamides is 1. The molecule has 2 aromatic carbocycles. The van der Waals surface area contributed by atoms with Crippen LogP contribution in [0.5, 0.6) is 0 Å². The Labute approximate surface area is 152 Å². The zero-order valence-electron chi connectivity index (χ0n) is 14.3. The molecule has 0 saturated carbocycles. The third-order valence-electron chi connectivity index (χ3n) is 4.51. The second kappa shape index (κ2) is 7.97. The van der Waals surface area contributed by atoms with E-state index in [1.54, 1.807) is 35.2 Å². The van der Waals surface area contributed by atoms with E-state index in [4.69, 9.17) is 0 Å². The van der Waals surface area contributed by atoms with E-state index in [2.05, 4.69) is 4.72 Å². The van der Waals surface area contributed by atoms with E-state index < -0.39 is 10.0 Å². The van der Waals surface area contributed by atoms with Crippen molar-refractivity contribution in [1.82, 2.24) is 9.62 Å². The molecule has 1 unspecified atom stereocenters. The van der Waals surface area contributed by atoms with Gasteiger partial charge in [-0.25, -0.2) is 17.5 Å². The minimum absolute atomic E-state index is 0.0443. The van der Waals surface area contributed by atoms with Crippen LogP contribution in [0.4, 0.5) is 4.39 Å². The van der Waals surface area contributed by atoms with Crippen LogP contribution >= 0.6 is 0 Å². The summed E-state index contributed by atoms with van der Waals surface area (Å²) in [5.74, 6) is -0.410. The number of rotatable bonds is 6. The number of nitrogens with one attached hydrogen (secondary N) is 1. The van der Waals surface area contributed by atoms with E-state index in [1.165, 1.54) is 24.3 Å². The lowest BCUT2D eigenvalue weighted by Crippen LogP contribution is -2.34. The summed E-state index contributed by atoms with van der Waals surface area (Å²) in [5, 5.41) is 0. The van der Waals surface area contributed by atoms with Crippen LogP contribution in [0.15, 0.2) is 59.5 Å². The number of nitrogens with zero attached hydrogens (tertiary/aromatic N) is 1. The summed E-state index contributed by atoms with van der Waals surface area (Å²) < 4.78 is 39.9. The molecule has 5 nitrogen and oxygen atoms in total.